The number of carboxylic acids is 1. The van der Waals surface area contributed by atoms with Gasteiger partial charge in [-0.2, -0.15) is 0 Å². The molecule has 0 bridgehead atoms. The monoisotopic (exact) mass is 229 g/mol. The van der Waals surface area contributed by atoms with Gasteiger partial charge in [0.2, 0.25) is 0 Å². The lowest BCUT2D eigenvalue weighted by molar-refractivity contribution is 0.0698. The van der Waals surface area contributed by atoms with E-state index in [1.807, 2.05) is 30.3 Å². The molecule has 0 saturated carbocycles. The van der Waals surface area contributed by atoms with E-state index in [-0.39, 0.29) is 11.3 Å². The highest BCUT2D eigenvalue weighted by molar-refractivity contribution is 5.96. The summed E-state index contributed by atoms with van der Waals surface area (Å²) in [5, 5.41) is 11.9. The Kier molecular flexibility index (Phi) is 2.91. The number of hydrogen-bond acceptors (Lipinski definition) is 4. The predicted octanol–water partition coefficient (Wildman–Crippen LogP) is 2.11. The van der Waals surface area contributed by atoms with Crippen LogP contribution in [0.3, 0.4) is 0 Å². The molecule has 2 aromatic rings. The van der Waals surface area contributed by atoms with Crippen molar-refractivity contribution in [2.24, 2.45) is 0 Å². The molecule has 1 aromatic carbocycles. The molecule has 0 fully saturated rings. The van der Waals surface area contributed by atoms with E-state index in [4.69, 9.17) is 10.8 Å². The van der Waals surface area contributed by atoms with Crippen molar-refractivity contribution in [3.63, 3.8) is 0 Å². The molecule has 0 aliphatic carbocycles. The van der Waals surface area contributed by atoms with Crippen LogP contribution < -0.4 is 11.1 Å². The van der Waals surface area contributed by atoms with Crippen LogP contribution >= 0.6 is 0 Å². The fourth-order valence-electron chi connectivity index (χ4n) is 1.42. The van der Waals surface area contributed by atoms with Crippen molar-refractivity contribution >= 4 is 23.2 Å². The molecule has 0 saturated heterocycles. The number of para-hydroxylation sites is 1. The minimum Gasteiger partial charge on any atom is -0.478 e. The summed E-state index contributed by atoms with van der Waals surface area (Å²) < 4.78 is 0. The van der Waals surface area contributed by atoms with Crippen molar-refractivity contribution in [1.82, 2.24) is 4.98 Å². The van der Waals surface area contributed by atoms with Gasteiger partial charge in [0.1, 0.15) is 0 Å². The molecule has 86 valence electrons. The van der Waals surface area contributed by atoms with Gasteiger partial charge in [0.25, 0.3) is 0 Å². The van der Waals surface area contributed by atoms with Crippen LogP contribution in [-0.2, 0) is 0 Å². The van der Waals surface area contributed by atoms with Crippen LogP contribution in [0.4, 0.5) is 17.2 Å². The number of nitrogens with one attached hydrogen (secondary N) is 1. The number of hydrogen-bond donors (Lipinski definition) is 3. The van der Waals surface area contributed by atoms with Gasteiger partial charge in [-0.3, -0.25) is 0 Å². The Morgan fingerprint density at radius 1 is 1.24 bits per heavy atom. The number of rotatable bonds is 3. The van der Waals surface area contributed by atoms with E-state index in [1.54, 1.807) is 0 Å². The molecule has 0 unspecified atom stereocenters. The second-order valence-corrected chi connectivity index (χ2v) is 3.42. The van der Waals surface area contributed by atoms with Crippen LogP contribution in [0.15, 0.2) is 42.6 Å². The first-order valence-electron chi connectivity index (χ1n) is 4.98. The number of nitrogens with zero attached hydrogens (tertiary/aromatic N) is 1. The van der Waals surface area contributed by atoms with Gasteiger partial charge < -0.3 is 16.2 Å². The van der Waals surface area contributed by atoms with E-state index < -0.39 is 5.97 Å². The second-order valence-electron chi connectivity index (χ2n) is 3.42. The summed E-state index contributed by atoms with van der Waals surface area (Å²) >= 11 is 0. The fourth-order valence-corrected chi connectivity index (χ4v) is 1.42. The van der Waals surface area contributed by atoms with Gasteiger partial charge in [0.05, 0.1) is 11.3 Å². The normalized spacial score (nSPS) is 9.88. The number of aromatic nitrogens is 1. The van der Waals surface area contributed by atoms with Gasteiger partial charge in [0, 0.05) is 11.9 Å². The first kappa shape index (κ1) is 10.9. The Bertz CT molecular complexity index is 541. The van der Waals surface area contributed by atoms with Gasteiger partial charge in [-0.05, 0) is 18.2 Å². The number of nitrogens with two attached hydrogens (primary N) is 1. The SMILES string of the molecule is Nc1c(C(=O)O)ccnc1Nc1ccccc1. The molecule has 0 spiro atoms. The molecule has 1 aromatic heterocycles. The zero-order valence-electron chi connectivity index (χ0n) is 8.92. The van der Waals surface area contributed by atoms with Crippen LogP contribution in [0, 0.1) is 0 Å². The molecule has 0 atom stereocenters. The number of carbonyl (C=O) groups is 1. The highest BCUT2D eigenvalue weighted by Crippen LogP contribution is 2.23. The van der Waals surface area contributed by atoms with Gasteiger partial charge in [-0.25, -0.2) is 9.78 Å². The van der Waals surface area contributed by atoms with Crippen LogP contribution in [0.2, 0.25) is 0 Å². The molecule has 4 N–H and O–H groups in total. The summed E-state index contributed by atoms with van der Waals surface area (Å²) in [7, 11) is 0. The van der Waals surface area contributed by atoms with Crippen molar-refractivity contribution in [3.05, 3.63) is 48.2 Å². The molecule has 5 nitrogen and oxygen atoms in total. The smallest absolute Gasteiger partial charge is 0.337 e. The Labute approximate surface area is 97.9 Å². The van der Waals surface area contributed by atoms with Gasteiger partial charge >= 0.3 is 5.97 Å². The number of carboxylic acid groups (broad SMARTS) is 1. The van der Waals surface area contributed by atoms with Crippen molar-refractivity contribution in [1.29, 1.82) is 0 Å². The van der Waals surface area contributed by atoms with Gasteiger partial charge in [-0.15, -0.1) is 0 Å². The Morgan fingerprint density at radius 3 is 2.59 bits per heavy atom. The van der Waals surface area contributed by atoms with Crippen LogP contribution in [0.25, 0.3) is 0 Å². The lowest BCUT2D eigenvalue weighted by Gasteiger charge is -2.09. The predicted molar refractivity (Wildman–Crippen MR) is 65.3 cm³/mol. The third-order valence-electron chi connectivity index (χ3n) is 2.26. The summed E-state index contributed by atoms with van der Waals surface area (Å²) in [4.78, 5) is 14.9. The minimum atomic E-state index is -1.07. The zero-order valence-corrected chi connectivity index (χ0v) is 8.92. The van der Waals surface area contributed by atoms with E-state index in [0.717, 1.165) is 5.69 Å². The highest BCUT2D eigenvalue weighted by Gasteiger charge is 2.11. The molecular weight excluding hydrogens is 218 g/mol. The molecule has 0 radical (unpaired) electrons. The molecule has 0 aliphatic heterocycles. The maximum Gasteiger partial charge on any atom is 0.337 e. The van der Waals surface area contributed by atoms with Gasteiger partial charge in [0.15, 0.2) is 5.82 Å². The van der Waals surface area contributed by atoms with Crippen LogP contribution in [-0.4, -0.2) is 16.1 Å². The lowest BCUT2D eigenvalue weighted by Crippen LogP contribution is -2.06. The average Bonchev–Trinajstić information content (AvgIpc) is 2.33. The molecular formula is C12H11N3O2. The minimum absolute atomic E-state index is 0.0402. The van der Waals surface area contributed by atoms with E-state index in [2.05, 4.69) is 10.3 Å². The number of benzene rings is 1. The summed E-state index contributed by atoms with van der Waals surface area (Å²) in [5.74, 6) is -0.725. The van der Waals surface area contributed by atoms with E-state index in [9.17, 15) is 4.79 Å². The standard InChI is InChI=1S/C12H11N3O2/c13-10-9(12(16)17)6-7-14-11(10)15-8-4-2-1-3-5-8/h1-7H,13H2,(H,14,15)(H,16,17). The first-order chi connectivity index (χ1) is 8.18. The zero-order chi connectivity index (χ0) is 12.3. The molecule has 1 heterocycles. The van der Waals surface area contributed by atoms with Crippen molar-refractivity contribution < 1.29 is 9.90 Å². The second kappa shape index (κ2) is 4.52. The third-order valence-corrected chi connectivity index (χ3v) is 2.26. The van der Waals surface area contributed by atoms with Crippen molar-refractivity contribution in [2.45, 2.75) is 0 Å². The number of nitrogen functional groups attached to an aromatic ring is 1. The largest absolute Gasteiger partial charge is 0.478 e. The lowest BCUT2D eigenvalue weighted by atomic mass is 10.2. The average molecular weight is 229 g/mol. The topological polar surface area (TPSA) is 88.2 Å². The van der Waals surface area contributed by atoms with Crippen molar-refractivity contribution in [2.75, 3.05) is 11.1 Å². The maximum absolute atomic E-state index is 10.9. The Balaban J connectivity index is 2.34. The third kappa shape index (κ3) is 2.34. The Morgan fingerprint density at radius 2 is 1.94 bits per heavy atom. The molecule has 0 aliphatic rings. The van der Waals surface area contributed by atoms with E-state index in [0.29, 0.717) is 5.82 Å². The van der Waals surface area contributed by atoms with Gasteiger partial charge in [-0.1, -0.05) is 18.2 Å². The van der Waals surface area contributed by atoms with Crippen LogP contribution in [0.1, 0.15) is 10.4 Å². The molecule has 5 heteroatoms. The summed E-state index contributed by atoms with van der Waals surface area (Å²) in [6.07, 6.45) is 1.41. The summed E-state index contributed by atoms with van der Waals surface area (Å²) in [5.41, 5.74) is 6.70. The number of pyridine rings is 1. The number of anilines is 3. The highest BCUT2D eigenvalue weighted by atomic mass is 16.4. The first-order valence-corrected chi connectivity index (χ1v) is 4.98. The van der Waals surface area contributed by atoms with Crippen molar-refractivity contribution in [3.8, 4) is 0 Å². The van der Waals surface area contributed by atoms with E-state index in [1.165, 1.54) is 12.3 Å². The quantitative estimate of drug-likeness (QED) is 0.750. The Hall–Kier alpha value is -2.56. The summed E-state index contributed by atoms with van der Waals surface area (Å²) in [6, 6.07) is 10.7. The molecule has 17 heavy (non-hydrogen) atoms. The van der Waals surface area contributed by atoms with E-state index >= 15 is 0 Å². The molecule has 0 amide bonds. The fraction of sp³-hybridized carbons (Fsp3) is 0. The maximum atomic E-state index is 10.9. The summed E-state index contributed by atoms with van der Waals surface area (Å²) in [6.45, 7) is 0. The number of aromatic carboxylic acids is 1. The van der Waals surface area contributed by atoms with Crippen LogP contribution in [0.5, 0.6) is 0 Å². The molecule has 2 rings (SSSR count).